The number of aryl methyl sites for hydroxylation is 1. The van der Waals surface area contributed by atoms with Crippen molar-refractivity contribution in [3.05, 3.63) is 56.6 Å². The van der Waals surface area contributed by atoms with Crippen LogP contribution in [-0.4, -0.2) is 15.7 Å². The van der Waals surface area contributed by atoms with Crippen molar-refractivity contribution in [3.8, 4) is 0 Å². The molecule has 2 aromatic carbocycles. The van der Waals surface area contributed by atoms with E-state index in [0.29, 0.717) is 20.1 Å². The fourth-order valence-corrected chi connectivity index (χ4v) is 2.75. The number of rotatable bonds is 0. The van der Waals surface area contributed by atoms with Crippen molar-refractivity contribution < 1.29 is 13.6 Å². The molecule has 0 spiro atoms. The molecule has 0 amide bonds. The lowest BCUT2D eigenvalue weighted by Crippen LogP contribution is -2.06. The summed E-state index contributed by atoms with van der Waals surface area (Å²) in [7, 11) is 0. The normalized spacial score (nSPS) is 10.4. The van der Waals surface area contributed by atoms with Gasteiger partial charge in [0.25, 0.3) is 0 Å². The van der Waals surface area contributed by atoms with Crippen LogP contribution < -0.4 is 5.73 Å². The van der Waals surface area contributed by atoms with Crippen LogP contribution in [0.1, 0.15) is 17.3 Å². The average molecular weight is 461 g/mol. The zero-order valence-electron chi connectivity index (χ0n) is 12.8. The highest BCUT2D eigenvalue weighted by Crippen LogP contribution is 2.23. The number of anilines is 1. The molecule has 1 heterocycles. The van der Waals surface area contributed by atoms with Gasteiger partial charge in [-0.05, 0) is 62.5 Å². The van der Waals surface area contributed by atoms with Gasteiger partial charge in [0.1, 0.15) is 11.6 Å². The van der Waals surface area contributed by atoms with E-state index in [-0.39, 0.29) is 11.7 Å². The van der Waals surface area contributed by atoms with Crippen LogP contribution >= 0.6 is 31.9 Å². The molecule has 0 atom stereocenters. The van der Waals surface area contributed by atoms with Crippen LogP contribution in [0, 0.1) is 18.6 Å². The quantitative estimate of drug-likeness (QED) is 0.476. The van der Waals surface area contributed by atoms with Gasteiger partial charge in [-0.3, -0.25) is 4.79 Å². The summed E-state index contributed by atoms with van der Waals surface area (Å²) in [4.78, 5) is 11.1. The zero-order valence-corrected chi connectivity index (χ0v) is 16.0. The van der Waals surface area contributed by atoms with Gasteiger partial charge in [0.2, 0.25) is 5.91 Å². The number of nitrogen functional groups attached to an aromatic ring is 1. The highest BCUT2D eigenvalue weighted by molar-refractivity contribution is 9.10. The van der Waals surface area contributed by atoms with E-state index >= 15 is 0 Å². The Labute approximate surface area is 153 Å². The van der Waals surface area contributed by atoms with Crippen molar-refractivity contribution in [2.45, 2.75) is 13.8 Å². The monoisotopic (exact) mass is 459 g/mol. The standard InChI is InChI=1S/C9H6BrFN2O.C7H7BrFN/c1-5(14)13-9-3-8(11)7(10)2-6(9)4-12-13;1-4-2-5(8)6(9)3-7(4)10/h2-4H,1H3;2-3H,10H2,1H3. The SMILES string of the molecule is CC(=O)n1ncc2cc(Br)c(F)cc21.Cc1cc(Br)c(F)cc1N. The molecule has 0 unspecified atom stereocenters. The van der Waals surface area contributed by atoms with Gasteiger partial charge in [0, 0.05) is 24.1 Å². The molecule has 3 aromatic rings. The maximum absolute atomic E-state index is 13.2. The number of nitrogens with two attached hydrogens (primary N) is 1. The Bertz CT molecular complexity index is 875. The second kappa shape index (κ2) is 7.40. The topological polar surface area (TPSA) is 60.9 Å². The van der Waals surface area contributed by atoms with Gasteiger partial charge in [-0.25, -0.2) is 13.5 Å². The van der Waals surface area contributed by atoms with E-state index in [9.17, 15) is 13.6 Å². The van der Waals surface area contributed by atoms with Gasteiger partial charge < -0.3 is 5.73 Å². The van der Waals surface area contributed by atoms with Crippen LogP contribution in [0.5, 0.6) is 0 Å². The number of aromatic nitrogens is 2. The van der Waals surface area contributed by atoms with E-state index in [0.717, 1.165) is 10.9 Å². The first-order valence-electron chi connectivity index (χ1n) is 6.75. The minimum atomic E-state index is -0.402. The summed E-state index contributed by atoms with van der Waals surface area (Å²) in [6.45, 7) is 3.21. The van der Waals surface area contributed by atoms with Crippen LogP contribution in [0.25, 0.3) is 10.9 Å². The third-order valence-electron chi connectivity index (χ3n) is 3.22. The molecule has 2 N–H and O–H groups in total. The van der Waals surface area contributed by atoms with E-state index in [1.165, 1.54) is 29.9 Å². The highest BCUT2D eigenvalue weighted by Gasteiger charge is 2.09. The maximum Gasteiger partial charge on any atom is 0.244 e. The molecule has 0 fully saturated rings. The number of carbonyl (C=O) groups is 1. The number of nitrogens with zero attached hydrogens (tertiary/aromatic N) is 2. The van der Waals surface area contributed by atoms with E-state index < -0.39 is 5.82 Å². The molecule has 3 rings (SSSR count). The average Bonchev–Trinajstić information content (AvgIpc) is 2.89. The fraction of sp³-hybridized carbons (Fsp3) is 0.125. The second-order valence-corrected chi connectivity index (χ2v) is 6.73. The van der Waals surface area contributed by atoms with E-state index in [2.05, 4.69) is 37.0 Å². The number of fused-ring (bicyclic) bond motifs is 1. The van der Waals surface area contributed by atoms with Gasteiger partial charge in [0.15, 0.2) is 0 Å². The molecule has 0 saturated heterocycles. The molecule has 1 aromatic heterocycles. The van der Waals surface area contributed by atoms with Crippen LogP contribution in [0.2, 0.25) is 0 Å². The Hall–Kier alpha value is -1.80. The lowest BCUT2D eigenvalue weighted by molar-refractivity contribution is 0.0927. The first-order valence-corrected chi connectivity index (χ1v) is 8.34. The highest BCUT2D eigenvalue weighted by atomic mass is 79.9. The van der Waals surface area contributed by atoms with Crippen molar-refractivity contribution in [1.29, 1.82) is 0 Å². The van der Waals surface area contributed by atoms with E-state index in [1.807, 2.05) is 6.92 Å². The lowest BCUT2D eigenvalue weighted by atomic mass is 10.2. The van der Waals surface area contributed by atoms with Crippen molar-refractivity contribution >= 4 is 54.4 Å². The van der Waals surface area contributed by atoms with Gasteiger partial charge >= 0.3 is 0 Å². The van der Waals surface area contributed by atoms with Crippen molar-refractivity contribution in [1.82, 2.24) is 9.78 Å². The molecule has 24 heavy (non-hydrogen) atoms. The molecular formula is C16H13Br2F2N3O. The van der Waals surface area contributed by atoms with Crippen LogP contribution in [0.4, 0.5) is 14.5 Å². The van der Waals surface area contributed by atoms with Crippen LogP contribution in [0.15, 0.2) is 39.4 Å². The number of hydrogen-bond donors (Lipinski definition) is 1. The summed E-state index contributed by atoms with van der Waals surface area (Å²) in [6, 6.07) is 5.84. The summed E-state index contributed by atoms with van der Waals surface area (Å²) in [5.74, 6) is -0.953. The Balaban J connectivity index is 0.000000185. The zero-order chi connectivity index (χ0) is 18.0. The Morgan fingerprint density at radius 2 is 1.71 bits per heavy atom. The first kappa shape index (κ1) is 18.5. The molecule has 126 valence electrons. The number of halogens is 4. The largest absolute Gasteiger partial charge is 0.398 e. The summed E-state index contributed by atoms with van der Waals surface area (Å²) in [5, 5.41) is 4.59. The van der Waals surface area contributed by atoms with Gasteiger partial charge in [0.05, 0.1) is 20.7 Å². The molecule has 0 bridgehead atoms. The number of carbonyl (C=O) groups excluding carboxylic acids is 1. The summed E-state index contributed by atoms with van der Waals surface area (Å²) in [6.07, 6.45) is 1.53. The predicted molar refractivity (Wildman–Crippen MR) is 96.9 cm³/mol. The minimum Gasteiger partial charge on any atom is -0.398 e. The summed E-state index contributed by atoms with van der Waals surface area (Å²) in [5.41, 5.74) is 7.28. The van der Waals surface area contributed by atoms with Crippen molar-refractivity contribution in [2.24, 2.45) is 0 Å². The Morgan fingerprint density at radius 3 is 2.29 bits per heavy atom. The Morgan fingerprint density at radius 1 is 1.12 bits per heavy atom. The number of benzene rings is 2. The van der Waals surface area contributed by atoms with Gasteiger partial charge in [-0.15, -0.1) is 0 Å². The molecular weight excluding hydrogens is 448 g/mol. The fourth-order valence-electron chi connectivity index (χ4n) is 1.93. The van der Waals surface area contributed by atoms with E-state index in [1.54, 1.807) is 12.1 Å². The third-order valence-corrected chi connectivity index (χ3v) is 4.43. The Kier molecular flexibility index (Phi) is 5.71. The molecule has 0 aliphatic heterocycles. The van der Waals surface area contributed by atoms with Crippen LogP contribution in [0.3, 0.4) is 0 Å². The minimum absolute atomic E-state index is 0.235. The molecule has 0 saturated carbocycles. The van der Waals surface area contributed by atoms with Gasteiger partial charge in [-0.2, -0.15) is 5.10 Å². The molecule has 8 heteroatoms. The first-order chi connectivity index (χ1) is 11.2. The van der Waals surface area contributed by atoms with Crippen molar-refractivity contribution in [3.63, 3.8) is 0 Å². The lowest BCUT2D eigenvalue weighted by Gasteiger charge is -2.00. The number of hydrogen-bond acceptors (Lipinski definition) is 3. The molecule has 0 aliphatic rings. The van der Waals surface area contributed by atoms with Crippen molar-refractivity contribution in [2.75, 3.05) is 5.73 Å². The smallest absolute Gasteiger partial charge is 0.244 e. The summed E-state index contributed by atoms with van der Waals surface area (Å²) >= 11 is 6.12. The molecule has 0 radical (unpaired) electrons. The summed E-state index contributed by atoms with van der Waals surface area (Å²) < 4.78 is 27.8. The van der Waals surface area contributed by atoms with Crippen LogP contribution in [-0.2, 0) is 0 Å². The predicted octanol–water partition coefficient (Wildman–Crippen LogP) is 5.08. The molecule has 4 nitrogen and oxygen atoms in total. The second-order valence-electron chi connectivity index (χ2n) is 5.02. The third kappa shape index (κ3) is 3.99. The molecule has 0 aliphatic carbocycles. The van der Waals surface area contributed by atoms with E-state index in [4.69, 9.17) is 5.73 Å². The maximum atomic E-state index is 13.2. The van der Waals surface area contributed by atoms with Gasteiger partial charge in [-0.1, -0.05) is 0 Å².